The van der Waals surface area contributed by atoms with Gasteiger partial charge in [-0.2, -0.15) is 5.26 Å². The predicted octanol–water partition coefficient (Wildman–Crippen LogP) is 1.55. The Kier molecular flexibility index (Phi) is 3.21. The lowest BCUT2D eigenvalue weighted by Gasteiger charge is -2.06. The van der Waals surface area contributed by atoms with E-state index in [-0.39, 0.29) is 5.91 Å². The van der Waals surface area contributed by atoms with Gasteiger partial charge in [-0.3, -0.25) is 4.79 Å². The van der Waals surface area contributed by atoms with Gasteiger partial charge in [-0.1, -0.05) is 4.49 Å². The molecule has 3 N–H and O–H groups in total. The first kappa shape index (κ1) is 12.0. The first-order valence-corrected chi connectivity index (χ1v) is 5.79. The molecule has 0 saturated carbocycles. The van der Waals surface area contributed by atoms with Crippen molar-refractivity contribution < 1.29 is 4.79 Å². The summed E-state index contributed by atoms with van der Waals surface area (Å²) in [6, 6.07) is 6.70. The number of rotatable bonds is 2. The quantitative estimate of drug-likeness (QED) is 0.796. The molecule has 1 amide bonds. The number of nitrogens with two attached hydrogens (primary N) is 1. The van der Waals surface area contributed by atoms with Crippen LogP contribution in [0.1, 0.15) is 20.9 Å². The Hall–Kier alpha value is -2.46. The van der Waals surface area contributed by atoms with Crippen LogP contribution in [0.25, 0.3) is 0 Å². The lowest BCUT2D eigenvalue weighted by molar-refractivity contribution is 0.103. The molecule has 0 spiro atoms. The van der Waals surface area contributed by atoms with E-state index < -0.39 is 0 Å². The molecule has 90 valence electrons. The van der Waals surface area contributed by atoms with Crippen molar-refractivity contribution in [1.29, 1.82) is 5.26 Å². The summed E-state index contributed by atoms with van der Waals surface area (Å²) in [5.41, 5.74) is 7.34. The van der Waals surface area contributed by atoms with Gasteiger partial charge in [0.15, 0.2) is 0 Å². The maximum absolute atomic E-state index is 11.9. The molecule has 6 nitrogen and oxygen atoms in total. The van der Waals surface area contributed by atoms with Gasteiger partial charge in [-0.05, 0) is 36.7 Å². The topological polar surface area (TPSA) is 105 Å². The van der Waals surface area contributed by atoms with E-state index in [0.717, 1.165) is 11.5 Å². The highest BCUT2D eigenvalue weighted by molar-refractivity contribution is 7.08. The third-order valence-corrected chi connectivity index (χ3v) is 3.10. The van der Waals surface area contributed by atoms with Gasteiger partial charge < -0.3 is 11.1 Å². The number of hydrogen-bond donors (Lipinski definition) is 2. The summed E-state index contributed by atoms with van der Waals surface area (Å²) in [5.74, 6) is -0.330. The van der Waals surface area contributed by atoms with Crippen molar-refractivity contribution in [3.8, 4) is 6.07 Å². The molecule has 0 fully saturated rings. The summed E-state index contributed by atoms with van der Waals surface area (Å²) in [7, 11) is 0. The number of nitrogens with one attached hydrogen (secondary N) is 1. The average Bonchev–Trinajstić information content (AvgIpc) is 2.77. The second kappa shape index (κ2) is 4.81. The molecule has 2 aromatic rings. The Labute approximate surface area is 107 Å². The van der Waals surface area contributed by atoms with Crippen LogP contribution in [0.4, 0.5) is 11.4 Å². The van der Waals surface area contributed by atoms with Crippen LogP contribution in [0.15, 0.2) is 18.2 Å². The van der Waals surface area contributed by atoms with Crippen LogP contribution < -0.4 is 11.1 Å². The molecular weight excluding hydrogens is 250 g/mol. The van der Waals surface area contributed by atoms with Crippen molar-refractivity contribution in [2.75, 3.05) is 11.1 Å². The minimum Gasteiger partial charge on any atom is -0.399 e. The van der Waals surface area contributed by atoms with Crippen LogP contribution in [0.5, 0.6) is 0 Å². The summed E-state index contributed by atoms with van der Waals surface area (Å²) in [6.07, 6.45) is 0. The molecule has 0 aliphatic rings. The van der Waals surface area contributed by atoms with Gasteiger partial charge in [0.25, 0.3) is 5.91 Å². The average molecular weight is 259 g/mol. The van der Waals surface area contributed by atoms with Crippen LogP contribution >= 0.6 is 11.5 Å². The molecule has 18 heavy (non-hydrogen) atoms. The highest BCUT2D eigenvalue weighted by Crippen LogP contribution is 2.20. The summed E-state index contributed by atoms with van der Waals surface area (Å²) >= 11 is 1.01. The smallest absolute Gasteiger partial charge is 0.269 e. The van der Waals surface area contributed by atoms with E-state index in [4.69, 9.17) is 11.0 Å². The van der Waals surface area contributed by atoms with Gasteiger partial charge >= 0.3 is 0 Å². The van der Waals surface area contributed by atoms with Crippen molar-refractivity contribution in [1.82, 2.24) is 9.59 Å². The van der Waals surface area contributed by atoms with Crippen LogP contribution in [-0.4, -0.2) is 15.5 Å². The van der Waals surface area contributed by atoms with E-state index in [1.165, 1.54) is 6.07 Å². The van der Waals surface area contributed by atoms with Gasteiger partial charge in [0, 0.05) is 5.69 Å². The first-order valence-electron chi connectivity index (χ1n) is 5.01. The number of hydrogen-bond acceptors (Lipinski definition) is 6. The largest absolute Gasteiger partial charge is 0.399 e. The predicted molar refractivity (Wildman–Crippen MR) is 68.2 cm³/mol. The summed E-state index contributed by atoms with van der Waals surface area (Å²) in [5, 5.41) is 15.4. The number of nitrogens with zero attached hydrogens (tertiary/aromatic N) is 3. The van der Waals surface area contributed by atoms with Gasteiger partial charge in [0.2, 0.25) is 0 Å². The fourth-order valence-corrected chi connectivity index (χ4v) is 1.93. The standard InChI is InChI=1S/C11H9N5OS/c1-6-10(18-16-15-6)11(17)14-9-3-2-8(13)4-7(9)5-12/h2-4H,13H2,1H3,(H,14,17). The summed E-state index contributed by atoms with van der Waals surface area (Å²) in [6.45, 7) is 1.70. The summed E-state index contributed by atoms with van der Waals surface area (Å²) in [4.78, 5) is 12.4. The molecule has 0 radical (unpaired) electrons. The molecule has 0 saturated heterocycles. The zero-order valence-corrected chi connectivity index (χ0v) is 10.3. The van der Waals surface area contributed by atoms with E-state index in [0.29, 0.717) is 27.5 Å². The number of aromatic nitrogens is 2. The Balaban J connectivity index is 2.28. The zero-order valence-electron chi connectivity index (χ0n) is 9.47. The maximum Gasteiger partial charge on any atom is 0.269 e. The monoisotopic (exact) mass is 259 g/mol. The number of anilines is 2. The van der Waals surface area contributed by atoms with E-state index in [2.05, 4.69) is 14.9 Å². The second-order valence-electron chi connectivity index (χ2n) is 3.56. The van der Waals surface area contributed by atoms with E-state index in [9.17, 15) is 4.79 Å². The minimum atomic E-state index is -0.330. The number of nitriles is 1. The third-order valence-electron chi connectivity index (χ3n) is 2.27. The molecule has 0 atom stereocenters. The normalized spacial score (nSPS) is 9.78. The molecule has 1 aromatic heterocycles. The molecule has 0 unspecified atom stereocenters. The number of carbonyl (C=O) groups is 1. The molecular formula is C11H9N5OS. The Morgan fingerprint density at radius 2 is 2.33 bits per heavy atom. The Morgan fingerprint density at radius 3 is 2.94 bits per heavy atom. The minimum absolute atomic E-state index is 0.318. The lowest BCUT2D eigenvalue weighted by atomic mass is 10.1. The molecule has 0 aliphatic heterocycles. The van der Waals surface area contributed by atoms with Crippen LogP contribution in [0.3, 0.4) is 0 Å². The number of amides is 1. The second-order valence-corrected chi connectivity index (χ2v) is 4.31. The third kappa shape index (κ3) is 2.28. The fourth-order valence-electron chi connectivity index (χ4n) is 1.38. The highest BCUT2D eigenvalue weighted by Gasteiger charge is 2.14. The fraction of sp³-hybridized carbons (Fsp3) is 0.0909. The number of aryl methyl sites for hydroxylation is 1. The van der Waals surface area contributed by atoms with Crippen molar-refractivity contribution in [3.05, 3.63) is 34.3 Å². The first-order chi connectivity index (χ1) is 8.61. The van der Waals surface area contributed by atoms with E-state index >= 15 is 0 Å². The molecule has 1 aromatic carbocycles. The Morgan fingerprint density at radius 1 is 1.56 bits per heavy atom. The van der Waals surface area contributed by atoms with Crippen LogP contribution in [0.2, 0.25) is 0 Å². The molecule has 0 bridgehead atoms. The molecule has 1 heterocycles. The number of nitrogen functional groups attached to an aromatic ring is 1. The van der Waals surface area contributed by atoms with Crippen LogP contribution in [-0.2, 0) is 0 Å². The lowest BCUT2D eigenvalue weighted by Crippen LogP contribution is -2.12. The van der Waals surface area contributed by atoms with E-state index in [1.807, 2.05) is 6.07 Å². The Bertz CT molecular complexity index is 643. The van der Waals surface area contributed by atoms with E-state index in [1.54, 1.807) is 19.1 Å². The number of benzene rings is 1. The van der Waals surface area contributed by atoms with Crippen molar-refractivity contribution in [2.45, 2.75) is 6.92 Å². The van der Waals surface area contributed by atoms with Gasteiger partial charge in [-0.25, -0.2) is 0 Å². The number of carbonyl (C=O) groups excluding carboxylic acids is 1. The maximum atomic E-state index is 11.9. The van der Waals surface area contributed by atoms with Crippen molar-refractivity contribution in [3.63, 3.8) is 0 Å². The summed E-state index contributed by atoms with van der Waals surface area (Å²) < 4.78 is 3.69. The highest BCUT2D eigenvalue weighted by atomic mass is 32.1. The molecule has 7 heteroatoms. The molecule has 0 aliphatic carbocycles. The van der Waals surface area contributed by atoms with Gasteiger partial charge in [-0.15, -0.1) is 5.10 Å². The van der Waals surface area contributed by atoms with Gasteiger partial charge in [0.05, 0.1) is 16.9 Å². The molecule has 2 rings (SSSR count). The van der Waals surface area contributed by atoms with Gasteiger partial charge in [0.1, 0.15) is 10.9 Å². The van der Waals surface area contributed by atoms with Crippen LogP contribution in [0, 0.1) is 18.3 Å². The SMILES string of the molecule is Cc1nnsc1C(=O)Nc1ccc(N)cc1C#N. The van der Waals surface area contributed by atoms with Crippen molar-refractivity contribution >= 4 is 28.8 Å². The van der Waals surface area contributed by atoms with Crippen molar-refractivity contribution in [2.24, 2.45) is 0 Å². The zero-order chi connectivity index (χ0) is 13.1.